The van der Waals surface area contributed by atoms with E-state index in [9.17, 15) is 9.59 Å². The number of cyclic esters (lactones) is 1. The van der Waals surface area contributed by atoms with Gasteiger partial charge < -0.3 is 9.47 Å². The average Bonchev–Trinajstić information content (AvgIpc) is 2.89. The van der Waals surface area contributed by atoms with Crippen LogP contribution in [0, 0.1) is 0 Å². The molecule has 2 heterocycles. The van der Waals surface area contributed by atoms with Crippen molar-refractivity contribution < 1.29 is 19.1 Å². The number of fused-ring (bicyclic) bond motifs is 1. The summed E-state index contributed by atoms with van der Waals surface area (Å²) in [6, 6.07) is 6.99. The maximum atomic E-state index is 12.2. The predicted molar refractivity (Wildman–Crippen MR) is 88.9 cm³/mol. The Bertz CT molecular complexity index is 811. The van der Waals surface area contributed by atoms with Crippen LogP contribution in [0.2, 0.25) is 5.02 Å². The Kier molecular flexibility index (Phi) is 4.38. The van der Waals surface area contributed by atoms with E-state index in [0.717, 1.165) is 10.4 Å². The van der Waals surface area contributed by atoms with Crippen LogP contribution in [0.25, 0.3) is 0 Å². The topological polar surface area (TPSA) is 95.3 Å². The molecule has 0 radical (unpaired) electrons. The van der Waals surface area contributed by atoms with Crippen LogP contribution in [0.15, 0.2) is 24.3 Å². The lowest BCUT2D eigenvalue weighted by Gasteiger charge is -2.23. The Morgan fingerprint density at radius 1 is 1.36 bits per heavy atom. The van der Waals surface area contributed by atoms with Gasteiger partial charge in [-0.05, 0) is 43.7 Å². The number of nitrogens with zero attached hydrogens (tertiary/aromatic N) is 3. The van der Waals surface area contributed by atoms with Gasteiger partial charge >= 0.3 is 12.1 Å². The quantitative estimate of drug-likeness (QED) is 0.823. The first-order valence-corrected chi connectivity index (χ1v) is 8.02. The van der Waals surface area contributed by atoms with Gasteiger partial charge in [0.15, 0.2) is 5.69 Å². The number of halogens is 1. The van der Waals surface area contributed by atoms with E-state index in [2.05, 4.69) is 15.7 Å². The second-order valence-electron chi connectivity index (χ2n) is 6.56. The zero-order valence-corrected chi connectivity index (χ0v) is 14.7. The van der Waals surface area contributed by atoms with Crippen molar-refractivity contribution in [3.63, 3.8) is 0 Å². The average molecular weight is 365 g/mol. The summed E-state index contributed by atoms with van der Waals surface area (Å²) in [6.07, 6.45) is -0.900. The summed E-state index contributed by atoms with van der Waals surface area (Å²) in [6.45, 7) is 5.24. The van der Waals surface area contributed by atoms with Crippen molar-refractivity contribution in [3.05, 3.63) is 46.2 Å². The molecule has 1 aliphatic rings. The number of ether oxygens (including phenoxy) is 2. The van der Waals surface area contributed by atoms with E-state index in [1.54, 1.807) is 45.0 Å². The normalized spacial score (nSPS) is 16.8. The number of nitrogens with one attached hydrogen (secondary N) is 1. The Morgan fingerprint density at radius 2 is 2.04 bits per heavy atom. The van der Waals surface area contributed by atoms with E-state index in [4.69, 9.17) is 21.1 Å². The summed E-state index contributed by atoms with van der Waals surface area (Å²) < 4.78 is 10.6. The molecule has 0 aliphatic carbocycles. The number of rotatable bonds is 2. The van der Waals surface area contributed by atoms with Crippen LogP contribution in [0.3, 0.4) is 0 Å². The number of benzene rings is 1. The molecule has 25 heavy (non-hydrogen) atoms. The summed E-state index contributed by atoms with van der Waals surface area (Å²) in [5.41, 5.74) is 3.11. The van der Waals surface area contributed by atoms with Gasteiger partial charge in [-0.2, -0.15) is 4.79 Å². The molecular weight excluding hydrogens is 348 g/mol. The predicted octanol–water partition coefficient (Wildman–Crippen LogP) is 2.86. The monoisotopic (exact) mass is 364 g/mol. The fraction of sp³-hybridized carbons (Fsp3) is 0.375. The fourth-order valence-corrected chi connectivity index (χ4v) is 2.51. The Balaban J connectivity index is 1.82. The zero-order chi connectivity index (χ0) is 18.2. The lowest BCUT2D eigenvalue weighted by molar-refractivity contribution is 0.0238. The molecule has 3 rings (SSSR count). The second-order valence-corrected chi connectivity index (χ2v) is 7.00. The molecule has 1 amide bonds. The molecule has 1 atom stereocenters. The minimum atomic E-state index is -0.692. The first-order valence-electron chi connectivity index (χ1n) is 7.64. The zero-order valence-electron chi connectivity index (χ0n) is 13.9. The van der Waals surface area contributed by atoms with Crippen LogP contribution >= 0.6 is 11.6 Å². The molecule has 1 aliphatic heterocycles. The molecule has 0 spiro atoms. The van der Waals surface area contributed by atoms with Gasteiger partial charge in [-0.25, -0.2) is 15.0 Å². The Labute approximate surface area is 149 Å². The molecule has 0 fully saturated rings. The van der Waals surface area contributed by atoms with Gasteiger partial charge in [0.2, 0.25) is 0 Å². The molecule has 1 unspecified atom stereocenters. The number of hydrogen-bond donors (Lipinski definition) is 1. The third-order valence-electron chi connectivity index (χ3n) is 3.42. The maximum Gasteiger partial charge on any atom is 0.428 e. The molecule has 1 aromatic carbocycles. The molecule has 0 saturated carbocycles. The number of carbonyl (C=O) groups is 2. The second kappa shape index (κ2) is 6.36. The standard InChI is InChI=1S/C16H17ClN4O4/c1-16(2,3)25-15(23)19-21-11-8-12(9-4-6-10(17)7-5-9)24-14(22)13(11)18-20-21/h4-7,12H,8H2,1-3H3,(H,19,23). The van der Waals surface area contributed by atoms with Crippen LogP contribution in [-0.2, 0) is 15.9 Å². The third-order valence-corrected chi connectivity index (χ3v) is 3.67. The van der Waals surface area contributed by atoms with Crippen molar-refractivity contribution in [1.29, 1.82) is 0 Å². The molecule has 0 bridgehead atoms. The van der Waals surface area contributed by atoms with Crippen LogP contribution in [0.5, 0.6) is 0 Å². The van der Waals surface area contributed by atoms with Gasteiger partial charge in [-0.15, -0.1) is 5.10 Å². The summed E-state index contributed by atoms with van der Waals surface area (Å²) in [5, 5.41) is 8.16. The van der Waals surface area contributed by atoms with E-state index >= 15 is 0 Å². The molecule has 8 nitrogen and oxygen atoms in total. The maximum absolute atomic E-state index is 12.2. The van der Waals surface area contributed by atoms with E-state index < -0.39 is 23.8 Å². The summed E-state index contributed by atoms with van der Waals surface area (Å²) in [7, 11) is 0. The largest absolute Gasteiger partial charge is 0.452 e. The number of amides is 1. The molecular formula is C16H17ClN4O4. The SMILES string of the molecule is CC(C)(C)OC(=O)Nn1nnc2c1CC(c1ccc(Cl)cc1)OC2=O. The highest BCUT2D eigenvalue weighted by Crippen LogP contribution is 2.29. The lowest BCUT2D eigenvalue weighted by Crippen LogP contribution is -2.34. The highest BCUT2D eigenvalue weighted by atomic mass is 35.5. The minimum absolute atomic E-state index is 0.0706. The van der Waals surface area contributed by atoms with Crippen molar-refractivity contribution in [2.24, 2.45) is 0 Å². The van der Waals surface area contributed by atoms with Crippen molar-refractivity contribution in [3.8, 4) is 0 Å². The van der Waals surface area contributed by atoms with Gasteiger partial charge in [0.1, 0.15) is 17.4 Å². The minimum Gasteiger partial charge on any atom is -0.452 e. The van der Waals surface area contributed by atoms with Gasteiger partial charge in [0.25, 0.3) is 0 Å². The number of hydrogen-bond acceptors (Lipinski definition) is 6. The van der Waals surface area contributed by atoms with Crippen molar-refractivity contribution >= 4 is 23.7 Å². The lowest BCUT2D eigenvalue weighted by atomic mass is 10.0. The van der Waals surface area contributed by atoms with Crippen molar-refractivity contribution in [2.45, 2.75) is 38.9 Å². The van der Waals surface area contributed by atoms with E-state index in [1.165, 1.54) is 0 Å². The molecule has 1 N–H and O–H groups in total. The van der Waals surface area contributed by atoms with Gasteiger partial charge in [-0.1, -0.05) is 23.7 Å². The molecule has 132 valence electrons. The third kappa shape index (κ3) is 3.90. The van der Waals surface area contributed by atoms with E-state index in [0.29, 0.717) is 17.1 Å². The number of carbonyl (C=O) groups excluding carboxylic acids is 2. The van der Waals surface area contributed by atoms with Crippen LogP contribution in [0.1, 0.15) is 48.6 Å². The van der Waals surface area contributed by atoms with Crippen LogP contribution in [-0.4, -0.2) is 32.8 Å². The van der Waals surface area contributed by atoms with Gasteiger partial charge in [0, 0.05) is 11.4 Å². The summed E-state index contributed by atoms with van der Waals surface area (Å²) in [4.78, 5) is 25.2. The summed E-state index contributed by atoms with van der Waals surface area (Å²) >= 11 is 5.88. The van der Waals surface area contributed by atoms with Crippen LogP contribution < -0.4 is 5.43 Å². The van der Waals surface area contributed by atoms with Gasteiger partial charge in [-0.3, -0.25) is 0 Å². The fourth-order valence-electron chi connectivity index (χ4n) is 2.39. The van der Waals surface area contributed by atoms with Gasteiger partial charge in [0.05, 0.1) is 0 Å². The first kappa shape index (κ1) is 17.2. The van der Waals surface area contributed by atoms with Crippen molar-refractivity contribution in [1.82, 2.24) is 15.1 Å². The molecule has 1 aromatic heterocycles. The van der Waals surface area contributed by atoms with E-state index in [1.807, 2.05) is 0 Å². The first-order chi connectivity index (χ1) is 11.7. The highest BCUT2D eigenvalue weighted by Gasteiger charge is 2.33. The smallest absolute Gasteiger partial charge is 0.428 e. The molecule has 9 heteroatoms. The number of esters is 1. The van der Waals surface area contributed by atoms with Crippen molar-refractivity contribution in [2.75, 3.05) is 5.43 Å². The highest BCUT2D eigenvalue weighted by molar-refractivity contribution is 6.30. The van der Waals surface area contributed by atoms with Crippen LogP contribution in [0.4, 0.5) is 4.79 Å². The molecule has 0 saturated heterocycles. The Morgan fingerprint density at radius 3 is 2.68 bits per heavy atom. The van der Waals surface area contributed by atoms with E-state index in [-0.39, 0.29) is 5.69 Å². The Hall–Kier alpha value is -2.61. The summed E-state index contributed by atoms with van der Waals surface area (Å²) in [5.74, 6) is -0.599. The number of aromatic nitrogens is 3. The molecule has 2 aromatic rings.